The van der Waals surface area contributed by atoms with Gasteiger partial charge in [-0.1, -0.05) is 23.2 Å². The average molecular weight is 217 g/mol. The Bertz CT molecular complexity index is 356. The van der Waals surface area contributed by atoms with Crippen molar-refractivity contribution in [2.24, 2.45) is 5.92 Å². The van der Waals surface area contributed by atoms with E-state index in [1.807, 2.05) is 0 Å². The van der Waals surface area contributed by atoms with Crippen molar-refractivity contribution in [3.05, 3.63) is 21.9 Å². The van der Waals surface area contributed by atoms with Crippen molar-refractivity contribution in [3.8, 4) is 0 Å². The van der Waals surface area contributed by atoms with Crippen LogP contribution in [0.1, 0.15) is 17.9 Å². The zero-order valence-corrected chi connectivity index (χ0v) is 8.09. The van der Waals surface area contributed by atoms with Crippen LogP contribution in [0, 0.1) is 5.92 Å². The summed E-state index contributed by atoms with van der Waals surface area (Å²) in [7, 11) is 0. The quantitative estimate of drug-likeness (QED) is 0.712. The normalized spacial score (nSPS) is 25.7. The van der Waals surface area contributed by atoms with Crippen molar-refractivity contribution in [1.29, 1.82) is 0 Å². The molecule has 0 aliphatic heterocycles. The summed E-state index contributed by atoms with van der Waals surface area (Å²) in [6.07, 6.45) is 1.78. The third-order valence-electron chi connectivity index (χ3n) is 2.16. The maximum absolute atomic E-state index is 10.4. The van der Waals surface area contributed by atoms with E-state index < -0.39 is 0 Å². The van der Waals surface area contributed by atoms with Gasteiger partial charge >= 0.3 is 0 Å². The van der Waals surface area contributed by atoms with Crippen LogP contribution < -0.4 is 0 Å². The van der Waals surface area contributed by atoms with Crippen LogP contribution in [0.15, 0.2) is 6.07 Å². The van der Waals surface area contributed by atoms with Crippen LogP contribution in [-0.4, -0.2) is 16.5 Å². The molecule has 5 heteroatoms. The minimum Gasteiger partial charge on any atom is -0.303 e. The van der Waals surface area contributed by atoms with E-state index in [4.69, 9.17) is 23.2 Å². The van der Waals surface area contributed by atoms with E-state index in [0.717, 1.165) is 18.3 Å². The van der Waals surface area contributed by atoms with Gasteiger partial charge in [-0.25, -0.2) is 0 Å². The number of hydrogen-bond donors (Lipinski definition) is 0. The smallest absolute Gasteiger partial charge is 0.155 e. The Labute approximate surface area is 85.1 Å². The van der Waals surface area contributed by atoms with E-state index >= 15 is 0 Å². The first-order valence-electron chi connectivity index (χ1n) is 3.86. The molecule has 0 N–H and O–H groups in total. The van der Waals surface area contributed by atoms with Gasteiger partial charge in [0.1, 0.15) is 6.29 Å². The SMILES string of the molecule is O=CC1CC1c1cc(Cl)nnc1Cl. The van der Waals surface area contributed by atoms with Gasteiger partial charge in [-0.05, 0) is 24.0 Å². The number of halogens is 2. The molecule has 68 valence electrons. The zero-order valence-electron chi connectivity index (χ0n) is 6.58. The fraction of sp³-hybridized carbons (Fsp3) is 0.375. The third-order valence-corrected chi connectivity index (χ3v) is 2.64. The fourth-order valence-electron chi connectivity index (χ4n) is 1.35. The molecule has 1 fully saturated rings. The molecular formula is C8H6Cl2N2O. The molecule has 0 radical (unpaired) electrons. The number of rotatable bonds is 2. The van der Waals surface area contributed by atoms with Crippen LogP contribution in [0.25, 0.3) is 0 Å². The molecule has 1 aliphatic rings. The summed E-state index contributed by atoms with van der Waals surface area (Å²) in [5.74, 6) is 0.274. The first-order chi connectivity index (χ1) is 6.22. The fourth-order valence-corrected chi connectivity index (χ4v) is 1.74. The van der Waals surface area contributed by atoms with Gasteiger partial charge < -0.3 is 4.79 Å². The second-order valence-corrected chi connectivity index (χ2v) is 3.80. The number of aldehydes is 1. The molecule has 0 saturated heterocycles. The van der Waals surface area contributed by atoms with Crippen LogP contribution >= 0.6 is 23.2 Å². The first kappa shape index (κ1) is 8.91. The molecule has 0 spiro atoms. The molecule has 2 unspecified atom stereocenters. The number of aromatic nitrogens is 2. The molecule has 2 rings (SSSR count). The Morgan fingerprint density at radius 1 is 1.46 bits per heavy atom. The highest BCUT2D eigenvalue weighted by Gasteiger charge is 2.39. The average Bonchev–Trinajstić information content (AvgIpc) is 2.88. The Morgan fingerprint density at radius 2 is 2.23 bits per heavy atom. The molecular weight excluding hydrogens is 211 g/mol. The van der Waals surface area contributed by atoms with Crippen molar-refractivity contribution >= 4 is 29.5 Å². The summed E-state index contributed by atoms with van der Waals surface area (Å²) in [5.41, 5.74) is 0.832. The molecule has 1 heterocycles. The lowest BCUT2D eigenvalue weighted by Gasteiger charge is -1.99. The summed E-state index contributed by atoms with van der Waals surface area (Å²) in [6, 6.07) is 1.67. The van der Waals surface area contributed by atoms with E-state index in [9.17, 15) is 4.79 Å². The van der Waals surface area contributed by atoms with Gasteiger partial charge in [0.15, 0.2) is 10.3 Å². The van der Waals surface area contributed by atoms with Crippen molar-refractivity contribution in [3.63, 3.8) is 0 Å². The van der Waals surface area contributed by atoms with Crippen LogP contribution in [0.3, 0.4) is 0 Å². The topological polar surface area (TPSA) is 42.9 Å². The maximum Gasteiger partial charge on any atom is 0.155 e. The lowest BCUT2D eigenvalue weighted by Crippen LogP contribution is -1.92. The highest BCUT2D eigenvalue weighted by Crippen LogP contribution is 2.47. The van der Waals surface area contributed by atoms with Gasteiger partial charge in [0.25, 0.3) is 0 Å². The van der Waals surface area contributed by atoms with Gasteiger partial charge in [-0.3, -0.25) is 0 Å². The standard InChI is InChI=1S/C8H6Cl2N2O/c9-7-2-6(8(10)12-11-7)5-1-4(5)3-13/h2-5H,1H2. The van der Waals surface area contributed by atoms with E-state index in [1.54, 1.807) is 6.07 Å². The second-order valence-electron chi connectivity index (χ2n) is 3.06. The van der Waals surface area contributed by atoms with Crippen LogP contribution in [0.2, 0.25) is 10.3 Å². The summed E-state index contributed by atoms with van der Waals surface area (Å²) in [4.78, 5) is 10.4. The van der Waals surface area contributed by atoms with Crippen molar-refractivity contribution in [2.75, 3.05) is 0 Å². The van der Waals surface area contributed by atoms with Crippen LogP contribution in [0.4, 0.5) is 0 Å². The molecule has 0 bridgehead atoms. The molecule has 0 aromatic carbocycles. The summed E-state index contributed by atoms with van der Waals surface area (Å²) in [5, 5.41) is 7.93. The van der Waals surface area contributed by atoms with Crippen molar-refractivity contribution in [2.45, 2.75) is 12.3 Å². The van der Waals surface area contributed by atoms with Crippen molar-refractivity contribution < 1.29 is 4.79 Å². The number of hydrogen-bond acceptors (Lipinski definition) is 3. The predicted molar refractivity (Wildman–Crippen MR) is 49.0 cm³/mol. The number of carbonyl (C=O) groups excluding carboxylic acids is 1. The zero-order chi connectivity index (χ0) is 9.42. The minimum atomic E-state index is 0.0813. The van der Waals surface area contributed by atoms with E-state index in [2.05, 4.69) is 10.2 Å². The van der Waals surface area contributed by atoms with Crippen molar-refractivity contribution in [1.82, 2.24) is 10.2 Å². The Kier molecular flexibility index (Phi) is 2.22. The summed E-state index contributed by atoms with van der Waals surface area (Å²) < 4.78 is 0. The van der Waals surface area contributed by atoms with Gasteiger partial charge in [-0.2, -0.15) is 0 Å². The molecule has 3 nitrogen and oxygen atoms in total. The summed E-state index contributed by atoms with van der Waals surface area (Å²) >= 11 is 11.5. The lowest BCUT2D eigenvalue weighted by molar-refractivity contribution is -0.108. The molecule has 1 aromatic rings. The van der Waals surface area contributed by atoms with Crippen LogP contribution in [-0.2, 0) is 4.79 Å². The third kappa shape index (κ3) is 1.67. The highest BCUT2D eigenvalue weighted by atomic mass is 35.5. The number of nitrogens with zero attached hydrogens (tertiary/aromatic N) is 2. The lowest BCUT2D eigenvalue weighted by atomic mass is 10.2. The summed E-state index contributed by atoms with van der Waals surface area (Å²) in [6.45, 7) is 0. The predicted octanol–water partition coefficient (Wildman–Crippen LogP) is 2.09. The Balaban J connectivity index is 2.30. The molecule has 1 saturated carbocycles. The minimum absolute atomic E-state index is 0.0813. The molecule has 0 amide bonds. The van der Waals surface area contributed by atoms with E-state index in [1.165, 1.54) is 0 Å². The van der Waals surface area contributed by atoms with E-state index in [-0.39, 0.29) is 11.8 Å². The van der Waals surface area contributed by atoms with E-state index in [0.29, 0.717) is 10.3 Å². The second kappa shape index (κ2) is 3.24. The molecule has 1 aliphatic carbocycles. The monoisotopic (exact) mass is 216 g/mol. The van der Waals surface area contributed by atoms with Gasteiger partial charge in [-0.15, -0.1) is 10.2 Å². The van der Waals surface area contributed by atoms with Crippen LogP contribution in [0.5, 0.6) is 0 Å². The maximum atomic E-state index is 10.4. The van der Waals surface area contributed by atoms with Gasteiger partial charge in [0.2, 0.25) is 0 Å². The Hall–Kier alpha value is -0.670. The molecule has 2 atom stereocenters. The first-order valence-corrected chi connectivity index (χ1v) is 4.62. The van der Waals surface area contributed by atoms with Gasteiger partial charge in [0.05, 0.1) is 0 Å². The largest absolute Gasteiger partial charge is 0.303 e. The number of carbonyl (C=O) groups is 1. The molecule has 13 heavy (non-hydrogen) atoms. The highest BCUT2D eigenvalue weighted by molar-refractivity contribution is 6.31. The molecule has 1 aromatic heterocycles. The van der Waals surface area contributed by atoms with Gasteiger partial charge in [0, 0.05) is 5.92 Å². The Morgan fingerprint density at radius 3 is 2.85 bits per heavy atom.